The molecule has 2 N–H and O–H groups in total. The van der Waals surface area contributed by atoms with Crippen LogP contribution in [0.1, 0.15) is 61.0 Å². The summed E-state index contributed by atoms with van der Waals surface area (Å²) in [6.45, 7) is 5.56. The van der Waals surface area contributed by atoms with E-state index < -0.39 is 5.91 Å². The molecule has 0 aliphatic heterocycles. The van der Waals surface area contributed by atoms with Gasteiger partial charge in [0, 0.05) is 25.6 Å². The van der Waals surface area contributed by atoms with Crippen molar-refractivity contribution in [1.82, 2.24) is 10.4 Å². The summed E-state index contributed by atoms with van der Waals surface area (Å²) in [6.07, 6.45) is 6.62. The highest BCUT2D eigenvalue weighted by Crippen LogP contribution is 2.37. The maximum absolute atomic E-state index is 12.1. The van der Waals surface area contributed by atoms with Gasteiger partial charge in [-0.05, 0) is 66.7 Å². The number of nitrogens with one attached hydrogen (secondary N) is 1. The average Bonchev–Trinajstić information content (AvgIpc) is 2.55. The van der Waals surface area contributed by atoms with E-state index in [1.165, 1.54) is 24.8 Å². The predicted octanol–water partition coefficient (Wildman–Crippen LogP) is 2.95. The quantitative estimate of drug-likeness (QED) is 0.637. The van der Waals surface area contributed by atoms with Gasteiger partial charge in [0.1, 0.15) is 0 Å². The first kappa shape index (κ1) is 17.9. The minimum Gasteiger partial charge on any atom is -0.342 e. The number of hydrogen-bond donors (Lipinski definition) is 2. The number of benzene rings is 1. The summed E-state index contributed by atoms with van der Waals surface area (Å²) in [5.74, 6) is 0.348. The van der Waals surface area contributed by atoms with E-state index in [0.29, 0.717) is 11.5 Å². The summed E-state index contributed by atoms with van der Waals surface area (Å²) in [5.41, 5.74) is 4.62. The van der Waals surface area contributed by atoms with E-state index in [9.17, 15) is 9.59 Å². The average molecular weight is 344 g/mol. The van der Waals surface area contributed by atoms with Crippen LogP contribution in [0.25, 0.3) is 0 Å². The van der Waals surface area contributed by atoms with E-state index in [0.717, 1.165) is 37.9 Å². The molecule has 1 aromatic carbocycles. The number of aryl methyl sites for hydroxylation is 1. The Kier molecular flexibility index (Phi) is 5.13. The Labute approximate surface area is 149 Å². The summed E-state index contributed by atoms with van der Waals surface area (Å²) in [5, 5.41) is 8.84. The largest absolute Gasteiger partial charge is 0.342 e. The first-order valence-corrected chi connectivity index (χ1v) is 9.22. The topological polar surface area (TPSA) is 69.6 Å². The maximum Gasteiger partial charge on any atom is 0.274 e. The van der Waals surface area contributed by atoms with Gasteiger partial charge in [0.15, 0.2) is 0 Å². The molecule has 1 saturated carbocycles. The van der Waals surface area contributed by atoms with Crippen LogP contribution >= 0.6 is 0 Å². The number of amides is 2. The van der Waals surface area contributed by atoms with Gasteiger partial charge in [-0.3, -0.25) is 14.8 Å². The van der Waals surface area contributed by atoms with Gasteiger partial charge in [0.25, 0.3) is 5.91 Å². The third kappa shape index (κ3) is 4.03. The number of nitrogens with zero attached hydrogens (tertiary/aromatic N) is 1. The maximum atomic E-state index is 12.1. The molecule has 1 fully saturated rings. The van der Waals surface area contributed by atoms with Crippen molar-refractivity contribution < 1.29 is 14.8 Å². The Morgan fingerprint density at radius 3 is 2.68 bits per heavy atom. The number of hydroxylamine groups is 1. The van der Waals surface area contributed by atoms with E-state index in [1.807, 2.05) is 17.0 Å². The molecule has 0 heterocycles. The van der Waals surface area contributed by atoms with Gasteiger partial charge in [0.2, 0.25) is 5.91 Å². The number of carbonyl (C=O) groups excluding carboxylic acids is 2. The van der Waals surface area contributed by atoms with Gasteiger partial charge in [-0.15, -0.1) is 0 Å². The fourth-order valence-electron chi connectivity index (χ4n) is 4.11. The molecule has 5 nitrogen and oxygen atoms in total. The van der Waals surface area contributed by atoms with Crippen molar-refractivity contribution in [3.63, 3.8) is 0 Å². The fourth-order valence-corrected chi connectivity index (χ4v) is 4.11. The molecule has 0 bridgehead atoms. The first-order valence-electron chi connectivity index (χ1n) is 9.22. The molecular formula is C20H28N2O3. The Hall–Kier alpha value is -1.88. The fraction of sp³-hybridized carbons (Fsp3) is 0.600. The van der Waals surface area contributed by atoms with E-state index in [2.05, 4.69) is 6.92 Å². The number of carbonyl (C=O) groups is 2. The lowest BCUT2D eigenvalue weighted by Crippen LogP contribution is -2.44. The second-order valence-electron chi connectivity index (χ2n) is 8.11. The van der Waals surface area contributed by atoms with Crippen LogP contribution in [0.3, 0.4) is 0 Å². The highest BCUT2D eigenvalue weighted by molar-refractivity contribution is 5.93. The molecule has 1 unspecified atom stereocenters. The zero-order chi connectivity index (χ0) is 18.0. The Morgan fingerprint density at radius 1 is 1.32 bits per heavy atom. The van der Waals surface area contributed by atoms with E-state index in [4.69, 9.17) is 5.21 Å². The van der Waals surface area contributed by atoms with Crippen molar-refractivity contribution in [1.29, 1.82) is 0 Å². The van der Waals surface area contributed by atoms with Crippen LogP contribution < -0.4 is 5.48 Å². The first-order chi connectivity index (χ1) is 11.9. The SMILES string of the molecule is CC(=O)N(CC1CCC1)CC1(C)CCc2ccc(C(=O)NO)cc2C1. The second kappa shape index (κ2) is 7.16. The lowest BCUT2D eigenvalue weighted by atomic mass is 9.72. The lowest BCUT2D eigenvalue weighted by Gasteiger charge is -2.41. The molecule has 5 heteroatoms. The predicted molar refractivity (Wildman–Crippen MR) is 95.4 cm³/mol. The Morgan fingerprint density at radius 2 is 2.08 bits per heavy atom. The molecule has 1 atom stereocenters. The number of fused-ring (bicyclic) bond motifs is 1. The molecule has 2 aliphatic rings. The second-order valence-corrected chi connectivity index (χ2v) is 8.11. The van der Waals surface area contributed by atoms with Crippen LogP contribution in [0.5, 0.6) is 0 Å². The highest BCUT2D eigenvalue weighted by Gasteiger charge is 2.34. The van der Waals surface area contributed by atoms with E-state index >= 15 is 0 Å². The molecule has 1 aromatic rings. The standard InChI is InChI=1S/C20H28N2O3/c1-14(23)22(12-15-4-3-5-15)13-20(2)9-8-16-6-7-17(19(24)21-25)10-18(16)11-20/h6-7,10,15,25H,3-5,8-9,11-13H2,1-2H3,(H,21,24). The van der Waals surface area contributed by atoms with E-state index in [1.54, 1.807) is 18.5 Å². The minimum absolute atomic E-state index is 0.0245. The zero-order valence-corrected chi connectivity index (χ0v) is 15.2. The van der Waals surface area contributed by atoms with Gasteiger partial charge < -0.3 is 4.90 Å². The number of hydrogen-bond acceptors (Lipinski definition) is 3. The molecule has 0 aromatic heterocycles. The van der Waals surface area contributed by atoms with Crippen LogP contribution in [0, 0.1) is 11.3 Å². The van der Waals surface area contributed by atoms with Crippen molar-refractivity contribution in [3.05, 3.63) is 34.9 Å². The van der Waals surface area contributed by atoms with Crippen molar-refractivity contribution in [2.24, 2.45) is 11.3 Å². The van der Waals surface area contributed by atoms with Gasteiger partial charge in [-0.1, -0.05) is 19.4 Å². The molecule has 3 rings (SSSR count). The monoisotopic (exact) mass is 344 g/mol. The Balaban J connectivity index is 1.74. The molecule has 2 amide bonds. The summed E-state index contributed by atoms with van der Waals surface area (Å²) in [4.78, 5) is 25.8. The minimum atomic E-state index is -0.481. The molecule has 136 valence electrons. The summed E-state index contributed by atoms with van der Waals surface area (Å²) < 4.78 is 0. The highest BCUT2D eigenvalue weighted by atomic mass is 16.5. The van der Waals surface area contributed by atoms with Crippen molar-refractivity contribution in [2.75, 3.05) is 13.1 Å². The van der Waals surface area contributed by atoms with Crippen LogP contribution in [-0.2, 0) is 17.6 Å². The molecule has 0 radical (unpaired) electrons. The molecule has 2 aliphatic carbocycles. The third-order valence-corrected chi connectivity index (χ3v) is 5.91. The van der Waals surface area contributed by atoms with Crippen LogP contribution in [0.15, 0.2) is 18.2 Å². The van der Waals surface area contributed by atoms with Crippen LogP contribution in [-0.4, -0.2) is 35.0 Å². The van der Waals surface area contributed by atoms with Crippen molar-refractivity contribution >= 4 is 11.8 Å². The molecule has 0 spiro atoms. The molecule has 25 heavy (non-hydrogen) atoms. The van der Waals surface area contributed by atoms with Crippen LogP contribution in [0.4, 0.5) is 0 Å². The third-order valence-electron chi connectivity index (χ3n) is 5.91. The van der Waals surface area contributed by atoms with E-state index in [-0.39, 0.29) is 11.3 Å². The zero-order valence-electron chi connectivity index (χ0n) is 15.2. The summed E-state index contributed by atoms with van der Waals surface area (Å²) >= 11 is 0. The number of rotatable bonds is 5. The van der Waals surface area contributed by atoms with Gasteiger partial charge in [-0.25, -0.2) is 5.48 Å². The summed E-state index contributed by atoms with van der Waals surface area (Å²) in [7, 11) is 0. The Bertz CT molecular complexity index is 669. The van der Waals surface area contributed by atoms with Crippen LogP contribution in [0.2, 0.25) is 0 Å². The van der Waals surface area contributed by atoms with Gasteiger partial charge in [0.05, 0.1) is 0 Å². The normalized spacial score (nSPS) is 22.7. The van der Waals surface area contributed by atoms with Gasteiger partial charge >= 0.3 is 0 Å². The molecule has 0 saturated heterocycles. The summed E-state index contributed by atoms with van der Waals surface area (Å²) in [6, 6.07) is 5.62. The lowest BCUT2D eigenvalue weighted by molar-refractivity contribution is -0.131. The molecular weight excluding hydrogens is 316 g/mol. The van der Waals surface area contributed by atoms with Crippen molar-refractivity contribution in [3.8, 4) is 0 Å². The van der Waals surface area contributed by atoms with Gasteiger partial charge in [-0.2, -0.15) is 0 Å². The van der Waals surface area contributed by atoms with Crippen molar-refractivity contribution in [2.45, 2.75) is 52.4 Å². The smallest absolute Gasteiger partial charge is 0.274 e.